The summed E-state index contributed by atoms with van der Waals surface area (Å²) >= 11 is 0. The van der Waals surface area contributed by atoms with Crippen LogP contribution in [0.5, 0.6) is 0 Å². The first-order valence-electron chi connectivity index (χ1n) is 9.61. The Morgan fingerprint density at radius 1 is 1.30 bits per heavy atom. The third-order valence-electron chi connectivity index (χ3n) is 4.76. The van der Waals surface area contributed by atoms with Crippen molar-refractivity contribution in [3.8, 4) is 0 Å². The van der Waals surface area contributed by atoms with Gasteiger partial charge >= 0.3 is 0 Å². The zero-order chi connectivity index (χ0) is 18.5. The molecule has 2 unspecified atom stereocenters. The van der Waals surface area contributed by atoms with Crippen molar-refractivity contribution in [1.29, 1.82) is 0 Å². The third-order valence-corrected chi connectivity index (χ3v) is 4.76. The van der Waals surface area contributed by atoms with E-state index in [2.05, 4.69) is 53.0 Å². The molecule has 152 valence electrons. The molecule has 3 heterocycles. The monoisotopic (exact) mass is 489 g/mol. The minimum absolute atomic E-state index is 0. The number of hydrogen-bond donors (Lipinski definition) is 2. The number of guanidine groups is 1. The van der Waals surface area contributed by atoms with E-state index in [-0.39, 0.29) is 42.3 Å². The molecule has 2 N–H and O–H groups in total. The number of β-amino-alcohol motifs (C(OH)–C–C–N with tert-alkyl or cyclic N) is 1. The van der Waals surface area contributed by atoms with E-state index < -0.39 is 0 Å². The quantitative estimate of drug-likeness (QED) is 0.382. The van der Waals surface area contributed by atoms with Crippen molar-refractivity contribution in [3.63, 3.8) is 0 Å². The molecule has 0 amide bonds. The average molecular weight is 489 g/mol. The molecule has 27 heavy (non-hydrogen) atoms. The van der Waals surface area contributed by atoms with Crippen LogP contribution in [-0.2, 0) is 11.3 Å². The highest BCUT2D eigenvalue weighted by Crippen LogP contribution is 2.18. The number of halogens is 1. The minimum atomic E-state index is -0.252. The summed E-state index contributed by atoms with van der Waals surface area (Å²) in [5.41, 5.74) is 1.08. The maximum absolute atomic E-state index is 9.75. The smallest absolute Gasteiger partial charge is 0.194 e. The van der Waals surface area contributed by atoms with Crippen LogP contribution >= 0.6 is 24.0 Å². The Bertz CT molecular complexity index is 603. The maximum Gasteiger partial charge on any atom is 0.194 e. The fourth-order valence-electron chi connectivity index (χ4n) is 3.59. The van der Waals surface area contributed by atoms with E-state index >= 15 is 0 Å². The Morgan fingerprint density at radius 3 is 2.59 bits per heavy atom. The predicted molar refractivity (Wildman–Crippen MR) is 119 cm³/mol. The van der Waals surface area contributed by atoms with E-state index in [0.29, 0.717) is 13.1 Å². The molecule has 0 bridgehead atoms. The van der Waals surface area contributed by atoms with Gasteiger partial charge in [0.25, 0.3) is 0 Å². The number of ether oxygens (including phenoxy) is 1. The molecular weight excluding hydrogens is 457 g/mol. The summed E-state index contributed by atoms with van der Waals surface area (Å²) in [5.74, 6) is 1.86. The van der Waals surface area contributed by atoms with Crippen molar-refractivity contribution in [2.24, 2.45) is 4.99 Å². The minimum Gasteiger partial charge on any atom is -0.391 e. The lowest BCUT2D eigenvalue weighted by molar-refractivity contribution is -0.00545. The first kappa shape index (κ1) is 22.2. The van der Waals surface area contributed by atoms with E-state index in [4.69, 9.17) is 9.73 Å². The number of nitrogens with zero attached hydrogens (tertiary/aromatic N) is 4. The molecule has 2 aliphatic heterocycles. The van der Waals surface area contributed by atoms with Crippen LogP contribution in [-0.4, -0.2) is 72.0 Å². The zero-order valence-electron chi connectivity index (χ0n) is 16.5. The van der Waals surface area contributed by atoms with Crippen LogP contribution in [0.1, 0.15) is 32.8 Å². The van der Waals surface area contributed by atoms with Crippen LogP contribution in [0.3, 0.4) is 0 Å². The van der Waals surface area contributed by atoms with E-state index in [0.717, 1.165) is 49.9 Å². The number of likely N-dealkylation sites (tertiary alicyclic amines) is 1. The second-order valence-corrected chi connectivity index (χ2v) is 7.25. The van der Waals surface area contributed by atoms with E-state index in [9.17, 15) is 5.11 Å². The molecular formula is C19H32IN5O2. The van der Waals surface area contributed by atoms with Crippen molar-refractivity contribution in [3.05, 3.63) is 23.9 Å². The van der Waals surface area contributed by atoms with Gasteiger partial charge in [-0.1, -0.05) is 6.07 Å². The molecule has 2 saturated heterocycles. The standard InChI is InChI=1S/C19H31N5O2.HI/c1-4-20-19(23-8-7-17(25)13-23)22-10-16-5-6-18(21-9-16)24-11-14(2)26-15(3)12-24;/h5-6,9,14-15,17,25H,4,7-8,10-13H2,1-3H3,(H,20,22);1H/t14?,15?,17-;/m1./s1. The first-order valence-corrected chi connectivity index (χ1v) is 9.61. The molecule has 8 heteroatoms. The van der Waals surface area contributed by atoms with Crippen LogP contribution in [0, 0.1) is 0 Å². The average Bonchev–Trinajstić information content (AvgIpc) is 3.04. The summed E-state index contributed by atoms with van der Waals surface area (Å²) in [5, 5.41) is 13.1. The van der Waals surface area contributed by atoms with Gasteiger partial charge in [0.2, 0.25) is 0 Å². The van der Waals surface area contributed by atoms with Crippen molar-refractivity contribution >= 4 is 35.8 Å². The SMILES string of the molecule is CCNC(=NCc1ccc(N2CC(C)OC(C)C2)nc1)N1CC[C@@H](O)C1.I. The molecule has 0 spiro atoms. The normalized spacial score (nSPS) is 26.1. The second-order valence-electron chi connectivity index (χ2n) is 7.25. The predicted octanol–water partition coefficient (Wildman–Crippen LogP) is 1.85. The zero-order valence-corrected chi connectivity index (χ0v) is 18.8. The van der Waals surface area contributed by atoms with Gasteiger partial charge in [-0.3, -0.25) is 0 Å². The van der Waals surface area contributed by atoms with Gasteiger partial charge in [-0.2, -0.15) is 0 Å². The molecule has 3 atom stereocenters. The summed E-state index contributed by atoms with van der Waals surface area (Å²) in [4.78, 5) is 13.7. The summed E-state index contributed by atoms with van der Waals surface area (Å²) < 4.78 is 5.79. The van der Waals surface area contributed by atoms with E-state index in [1.165, 1.54) is 0 Å². The second kappa shape index (κ2) is 10.4. The molecule has 3 rings (SSSR count). The molecule has 1 aromatic rings. The molecule has 7 nitrogen and oxygen atoms in total. The number of nitrogens with one attached hydrogen (secondary N) is 1. The van der Waals surface area contributed by atoms with Crippen LogP contribution in [0.15, 0.2) is 23.3 Å². The van der Waals surface area contributed by atoms with Crippen LogP contribution in [0.2, 0.25) is 0 Å². The molecule has 2 aliphatic rings. The molecule has 1 aromatic heterocycles. The fraction of sp³-hybridized carbons (Fsp3) is 0.684. The number of aliphatic imine (C=N–C) groups is 1. The molecule has 0 saturated carbocycles. The van der Waals surface area contributed by atoms with Crippen LogP contribution in [0.4, 0.5) is 5.82 Å². The first-order chi connectivity index (χ1) is 12.5. The van der Waals surface area contributed by atoms with Gasteiger partial charge in [-0.25, -0.2) is 9.98 Å². The Balaban J connectivity index is 0.00000261. The maximum atomic E-state index is 9.75. The lowest BCUT2D eigenvalue weighted by Gasteiger charge is -2.36. The van der Waals surface area contributed by atoms with Gasteiger partial charge in [0.15, 0.2) is 5.96 Å². The lowest BCUT2D eigenvalue weighted by Crippen LogP contribution is -2.45. The van der Waals surface area contributed by atoms with Gasteiger partial charge in [0.05, 0.1) is 24.9 Å². The summed E-state index contributed by atoms with van der Waals surface area (Å²) in [6.07, 6.45) is 2.91. The number of aliphatic hydroxyl groups is 1. The van der Waals surface area contributed by atoms with E-state index in [1.807, 2.05) is 6.20 Å². The Kier molecular flexibility index (Phi) is 8.56. The topological polar surface area (TPSA) is 73.2 Å². The van der Waals surface area contributed by atoms with E-state index in [1.54, 1.807) is 0 Å². The highest BCUT2D eigenvalue weighted by atomic mass is 127. The highest BCUT2D eigenvalue weighted by Gasteiger charge is 2.24. The van der Waals surface area contributed by atoms with Crippen LogP contribution in [0.25, 0.3) is 0 Å². The van der Waals surface area contributed by atoms with Crippen molar-refractivity contribution < 1.29 is 9.84 Å². The Labute approximate surface area is 179 Å². The van der Waals surface area contributed by atoms with Gasteiger partial charge in [0, 0.05) is 38.9 Å². The molecule has 0 radical (unpaired) electrons. The highest BCUT2D eigenvalue weighted by molar-refractivity contribution is 14.0. The number of anilines is 1. The summed E-state index contributed by atoms with van der Waals surface area (Å²) in [7, 11) is 0. The summed E-state index contributed by atoms with van der Waals surface area (Å²) in [6.45, 7) is 10.9. The van der Waals surface area contributed by atoms with Crippen LogP contribution < -0.4 is 10.2 Å². The van der Waals surface area contributed by atoms with Gasteiger partial charge in [0.1, 0.15) is 5.82 Å². The van der Waals surface area contributed by atoms with Gasteiger partial charge < -0.3 is 25.0 Å². The lowest BCUT2D eigenvalue weighted by atomic mass is 10.2. The van der Waals surface area contributed by atoms with Crippen molar-refractivity contribution in [2.75, 3.05) is 37.6 Å². The third kappa shape index (κ3) is 6.18. The fourth-order valence-corrected chi connectivity index (χ4v) is 3.59. The number of pyridine rings is 1. The molecule has 2 fully saturated rings. The number of hydrogen-bond acceptors (Lipinski definition) is 5. The van der Waals surface area contributed by atoms with Crippen molar-refractivity contribution in [1.82, 2.24) is 15.2 Å². The van der Waals surface area contributed by atoms with Crippen molar-refractivity contribution in [2.45, 2.75) is 52.0 Å². The molecule has 0 aromatic carbocycles. The Hall–Kier alpha value is -1.13. The number of aromatic nitrogens is 1. The molecule has 0 aliphatic carbocycles. The number of morpholine rings is 1. The summed E-state index contributed by atoms with van der Waals surface area (Å²) in [6, 6.07) is 4.17. The van der Waals surface area contributed by atoms with Gasteiger partial charge in [-0.05, 0) is 38.8 Å². The largest absolute Gasteiger partial charge is 0.391 e. The number of rotatable bonds is 4. The van der Waals surface area contributed by atoms with Gasteiger partial charge in [-0.15, -0.1) is 24.0 Å². The Morgan fingerprint density at radius 2 is 2.04 bits per heavy atom. The number of aliphatic hydroxyl groups excluding tert-OH is 1.